The van der Waals surface area contributed by atoms with Crippen molar-refractivity contribution in [3.05, 3.63) is 47.3 Å². The van der Waals surface area contributed by atoms with Crippen LogP contribution in [0.4, 0.5) is 0 Å². The Labute approximate surface area is 110 Å². The molecule has 4 N–H and O–H groups in total. The quantitative estimate of drug-likeness (QED) is 0.447. The van der Waals surface area contributed by atoms with Gasteiger partial charge in [-0.2, -0.15) is 0 Å². The van der Waals surface area contributed by atoms with Crippen molar-refractivity contribution in [2.45, 2.75) is 20.8 Å². The third-order valence-electron chi connectivity index (χ3n) is 2.98. The smallest absolute Gasteiger partial charge is 0.114 e. The van der Waals surface area contributed by atoms with Gasteiger partial charge in [0.15, 0.2) is 0 Å². The normalized spacial score (nSPS) is 9.61. The van der Waals surface area contributed by atoms with Crippen LogP contribution in [0.15, 0.2) is 30.6 Å². The topological polar surface area (TPSA) is 64.9 Å². The van der Waals surface area contributed by atoms with Crippen molar-refractivity contribution in [1.29, 1.82) is 0 Å². The van der Waals surface area contributed by atoms with Crippen LogP contribution in [0, 0.1) is 20.8 Å². The molecule has 1 aromatic heterocycles. The molecule has 1 aromatic carbocycles. The molecule has 1 heterocycles. The van der Waals surface area contributed by atoms with Crippen LogP contribution in [-0.4, -0.2) is 12.8 Å². The van der Waals surface area contributed by atoms with Crippen LogP contribution < -0.4 is 17.1 Å². The molecule has 2 rings (SSSR count). The molecule has 0 aliphatic rings. The van der Waals surface area contributed by atoms with E-state index < -0.39 is 0 Å². The molecule has 0 amide bonds. The van der Waals surface area contributed by atoms with Crippen molar-refractivity contribution >= 4 is 13.3 Å². The molecule has 92 valence electrons. The van der Waals surface area contributed by atoms with Gasteiger partial charge in [-0.05, 0) is 43.5 Å². The minimum atomic E-state index is 0.879. The van der Waals surface area contributed by atoms with E-state index in [0.717, 1.165) is 22.2 Å². The summed E-state index contributed by atoms with van der Waals surface area (Å²) in [5, 5.41) is 0. The van der Waals surface area contributed by atoms with E-state index in [0.29, 0.717) is 0 Å². The number of hydrazine groups is 1. The van der Waals surface area contributed by atoms with E-state index >= 15 is 0 Å². The Kier molecular flexibility index (Phi) is 5.07. The molecule has 0 saturated heterocycles. The van der Waals surface area contributed by atoms with Crippen molar-refractivity contribution in [3.63, 3.8) is 0 Å². The van der Waals surface area contributed by atoms with Crippen LogP contribution in [0.1, 0.15) is 16.7 Å². The fraction of sp³-hybridized carbons (Fsp3) is 0.214. The number of nitrogens with two attached hydrogens (primary N) is 2. The first kappa shape index (κ1) is 14.4. The Morgan fingerprint density at radius 3 is 2.33 bits per heavy atom. The second-order valence-electron chi connectivity index (χ2n) is 4.17. The molecule has 3 nitrogen and oxygen atoms in total. The molecule has 2 radical (unpaired) electrons. The molecule has 0 aliphatic carbocycles. The zero-order valence-electron chi connectivity index (χ0n) is 11.1. The second kappa shape index (κ2) is 6.33. The first-order valence-electron chi connectivity index (χ1n) is 5.71. The summed E-state index contributed by atoms with van der Waals surface area (Å²) in [6.45, 7) is 6.22. The minimum Gasteiger partial charge on any atom is -0.274 e. The Morgan fingerprint density at radius 1 is 1.11 bits per heavy atom. The van der Waals surface area contributed by atoms with Crippen molar-refractivity contribution in [2.24, 2.45) is 11.7 Å². The number of pyridine rings is 1. The number of benzene rings is 1. The molecule has 0 bridgehead atoms. The molecule has 4 heteroatoms. The average Bonchev–Trinajstić information content (AvgIpc) is 2.40. The van der Waals surface area contributed by atoms with Gasteiger partial charge >= 0.3 is 0 Å². The Bertz CT molecular complexity index is 524. The highest BCUT2D eigenvalue weighted by atomic mass is 15.0. The summed E-state index contributed by atoms with van der Waals surface area (Å²) < 4.78 is 0. The summed E-state index contributed by atoms with van der Waals surface area (Å²) in [7, 11) is 6.07. The summed E-state index contributed by atoms with van der Waals surface area (Å²) in [6, 6.07) is 6.14. The van der Waals surface area contributed by atoms with Gasteiger partial charge in [0.25, 0.3) is 0 Å². The molecule has 0 spiro atoms. The summed E-state index contributed by atoms with van der Waals surface area (Å²) in [5.74, 6) is 8.00. The molecular formula is C14H18BN3. The van der Waals surface area contributed by atoms with Gasteiger partial charge in [0.1, 0.15) is 7.85 Å². The van der Waals surface area contributed by atoms with Gasteiger partial charge in [0, 0.05) is 18.0 Å². The van der Waals surface area contributed by atoms with Crippen molar-refractivity contribution in [1.82, 2.24) is 4.98 Å². The number of aromatic nitrogens is 1. The molecule has 0 fully saturated rings. The van der Waals surface area contributed by atoms with E-state index in [9.17, 15) is 0 Å². The highest BCUT2D eigenvalue weighted by molar-refractivity contribution is 6.34. The van der Waals surface area contributed by atoms with Crippen LogP contribution in [0.3, 0.4) is 0 Å². The first-order chi connectivity index (χ1) is 8.61. The van der Waals surface area contributed by atoms with Gasteiger partial charge in [0.2, 0.25) is 0 Å². The number of nitrogens with zero attached hydrogens (tertiary/aromatic N) is 1. The standard InChI is InChI=1S/C14H14BN.H4N2/c1-9-7-10(2)14(15)11(3)13(9)12-5-4-6-16-8-12;1-2/h4-8H,1-3H3;1-2H2. The van der Waals surface area contributed by atoms with E-state index in [1.807, 2.05) is 19.2 Å². The maximum atomic E-state index is 6.07. The molecule has 18 heavy (non-hydrogen) atoms. The van der Waals surface area contributed by atoms with Gasteiger partial charge < -0.3 is 0 Å². The number of aryl methyl sites for hydroxylation is 2. The molecule has 0 atom stereocenters. The van der Waals surface area contributed by atoms with Gasteiger partial charge in [-0.3, -0.25) is 16.7 Å². The van der Waals surface area contributed by atoms with E-state index in [1.165, 1.54) is 11.1 Å². The maximum absolute atomic E-state index is 6.07. The van der Waals surface area contributed by atoms with Crippen molar-refractivity contribution in [2.75, 3.05) is 0 Å². The first-order valence-corrected chi connectivity index (χ1v) is 5.71. The number of hydrogen-bond acceptors (Lipinski definition) is 3. The highest BCUT2D eigenvalue weighted by Gasteiger charge is 2.09. The minimum absolute atomic E-state index is 0.879. The van der Waals surface area contributed by atoms with Crippen LogP contribution in [0.25, 0.3) is 11.1 Å². The Balaban J connectivity index is 0.000000771. The molecule has 0 saturated carbocycles. The summed E-state index contributed by atoms with van der Waals surface area (Å²) >= 11 is 0. The predicted octanol–water partition coefficient (Wildman–Crippen LogP) is 1.29. The lowest BCUT2D eigenvalue weighted by Crippen LogP contribution is -2.14. The summed E-state index contributed by atoms with van der Waals surface area (Å²) in [5.41, 5.74) is 6.75. The third kappa shape index (κ3) is 2.78. The SMILES string of the molecule is NN.[B]c1c(C)cc(C)c(-c2cccnc2)c1C. The fourth-order valence-corrected chi connectivity index (χ4v) is 2.16. The fourth-order valence-electron chi connectivity index (χ4n) is 2.16. The van der Waals surface area contributed by atoms with Gasteiger partial charge in [-0.1, -0.05) is 23.2 Å². The van der Waals surface area contributed by atoms with E-state index in [-0.39, 0.29) is 0 Å². The Morgan fingerprint density at radius 2 is 1.78 bits per heavy atom. The van der Waals surface area contributed by atoms with Crippen LogP contribution in [0.2, 0.25) is 0 Å². The van der Waals surface area contributed by atoms with E-state index in [1.54, 1.807) is 6.20 Å². The van der Waals surface area contributed by atoms with Crippen molar-refractivity contribution < 1.29 is 0 Å². The largest absolute Gasteiger partial charge is 0.274 e. The van der Waals surface area contributed by atoms with E-state index in [4.69, 9.17) is 7.85 Å². The molecule has 2 aromatic rings. The lowest BCUT2D eigenvalue weighted by Gasteiger charge is -2.15. The third-order valence-corrected chi connectivity index (χ3v) is 2.98. The average molecular weight is 239 g/mol. The predicted molar refractivity (Wildman–Crippen MR) is 77.6 cm³/mol. The highest BCUT2D eigenvalue weighted by Crippen LogP contribution is 2.25. The summed E-state index contributed by atoms with van der Waals surface area (Å²) in [4.78, 5) is 4.15. The van der Waals surface area contributed by atoms with Gasteiger partial charge in [0.05, 0.1) is 0 Å². The lowest BCUT2D eigenvalue weighted by atomic mass is 9.81. The molecule has 0 aliphatic heterocycles. The number of hydrogen-bond donors (Lipinski definition) is 2. The molecular weight excluding hydrogens is 221 g/mol. The van der Waals surface area contributed by atoms with Gasteiger partial charge in [-0.25, -0.2) is 0 Å². The van der Waals surface area contributed by atoms with Crippen LogP contribution in [0.5, 0.6) is 0 Å². The zero-order chi connectivity index (χ0) is 13.7. The van der Waals surface area contributed by atoms with Gasteiger partial charge in [-0.15, -0.1) is 0 Å². The monoisotopic (exact) mass is 239 g/mol. The number of rotatable bonds is 1. The molecule has 0 unspecified atom stereocenters. The maximum Gasteiger partial charge on any atom is 0.114 e. The van der Waals surface area contributed by atoms with Crippen molar-refractivity contribution in [3.8, 4) is 11.1 Å². The zero-order valence-corrected chi connectivity index (χ0v) is 11.1. The summed E-state index contributed by atoms with van der Waals surface area (Å²) in [6.07, 6.45) is 3.66. The van der Waals surface area contributed by atoms with Crippen LogP contribution in [-0.2, 0) is 0 Å². The van der Waals surface area contributed by atoms with E-state index in [2.05, 4.69) is 42.6 Å². The van der Waals surface area contributed by atoms with Crippen LogP contribution >= 0.6 is 0 Å². The lowest BCUT2D eigenvalue weighted by molar-refractivity contribution is 1.26. The Hall–Kier alpha value is -1.65. The second-order valence-corrected chi connectivity index (χ2v) is 4.17.